The van der Waals surface area contributed by atoms with Gasteiger partial charge in [0.2, 0.25) is 0 Å². The van der Waals surface area contributed by atoms with Crippen LogP contribution >= 0.6 is 0 Å². The van der Waals surface area contributed by atoms with Crippen LogP contribution in [0, 0.1) is 11.3 Å². The molecule has 1 aromatic heterocycles. The first kappa shape index (κ1) is 11.5. The Morgan fingerprint density at radius 2 is 2.27 bits per heavy atom. The molecular weight excluding hydrogens is 190 g/mol. The number of hydrogen-bond donors (Lipinski definition) is 2. The van der Waals surface area contributed by atoms with E-state index in [0.717, 1.165) is 31.6 Å². The highest BCUT2D eigenvalue weighted by atomic mass is 16.2. The third-order valence-electron chi connectivity index (χ3n) is 2.03. The number of rotatable bonds is 6. The van der Waals surface area contributed by atoms with E-state index < -0.39 is 0 Å². The van der Waals surface area contributed by atoms with Gasteiger partial charge in [0, 0.05) is 19.3 Å². The molecule has 0 aliphatic carbocycles. The van der Waals surface area contributed by atoms with Crippen molar-refractivity contribution in [2.24, 2.45) is 0 Å². The molecule has 0 amide bonds. The van der Waals surface area contributed by atoms with Gasteiger partial charge in [-0.25, -0.2) is 4.98 Å². The Balaban J connectivity index is 2.28. The van der Waals surface area contributed by atoms with E-state index in [1.807, 2.05) is 0 Å². The molecule has 0 unspecified atom stereocenters. The van der Waals surface area contributed by atoms with Crippen LogP contribution in [0.3, 0.4) is 0 Å². The average Bonchev–Trinajstić information content (AvgIpc) is 2.29. The fourth-order valence-electron chi connectivity index (χ4n) is 1.23. The van der Waals surface area contributed by atoms with Gasteiger partial charge >= 0.3 is 0 Å². The highest BCUT2D eigenvalue weighted by Crippen LogP contribution is 2.05. The molecule has 4 heteroatoms. The summed E-state index contributed by atoms with van der Waals surface area (Å²) in [5.74, 6) is 0.734. The molecule has 0 fully saturated rings. The number of nitriles is 1. The number of hydrogen-bond acceptors (Lipinski definition) is 4. The molecule has 15 heavy (non-hydrogen) atoms. The Bertz CT molecular complexity index is 333. The molecule has 0 aliphatic rings. The van der Waals surface area contributed by atoms with Crippen LogP contribution < -0.4 is 5.32 Å². The second-order valence-corrected chi connectivity index (χ2v) is 3.25. The van der Waals surface area contributed by atoms with E-state index in [-0.39, 0.29) is 6.61 Å². The number of nitrogens with one attached hydrogen (secondary N) is 1. The van der Waals surface area contributed by atoms with Gasteiger partial charge in [-0.05, 0) is 31.4 Å². The van der Waals surface area contributed by atoms with Crippen molar-refractivity contribution in [2.75, 3.05) is 18.5 Å². The number of anilines is 1. The van der Waals surface area contributed by atoms with Gasteiger partial charge in [-0.1, -0.05) is 0 Å². The van der Waals surface area contributed by atoms with Crippen molar-refractivity contribution in [3.63, 3.8) is 0 Å². The zero-order valence-electron chi connectivity index (χ0n) is 8.61. The molecule has 0 atom stereocenters. The van der Waals surface area contributed by atoms with Crippen LogP contribution in [0.4, 0.5) is 5.82 Å². The normalized spacial score (nSPS) is 9.60. The number of aromatic nitrogens is 1. The smallest absolute Gasteiger partial charge is 0.127 e. The minimum atomic E-state index is 0.252. The largest absolute Gasteiger partial charge is 0.396 e. The highest BCUT2D eigenvalue weighted by Gasteiger charge is 1.95. The Morgan fingerprint density at radius 1 is 1.40 bits per heavy atom. The monoisotopic (exact) mass is 205 g/mol. The topological polar surface area (TPSA) is 68.9 Å². The lowest BCUT2D eigenvalue weighted by atomic mass is 10.2. The summed E-state index contributed by atoms with van der Waals surface area (Å²) in [5, 5.41) is 20.4. The zero-order valence-corrected chi connectivity index (χ0v) is 8.61. The van der Waals surface area contributed by atoms with Crippen molar-refractivity contribution >= 4 is 5.82 Å². The first-order chi connectivity index (χ1) is 7.36. The predicted octanol–water partition coefficient (Wildman–Crippen LogP) is 1.53. The molecule has 0 saturated heterocycles. The lowest BCUT2D eigenvalue weighted by molar-refractivity contribution is 0.283. The number of aliphatic hydroxyl groups is 1. The standard InChI is InChI=1S/C11H15N3O/c12-9-10-4-6-14-11(8-10)13-5-2-1-3-7-15/h4,6,8,15H,1-3,5,7H2,(H,13,14). The molecule has 0 bridgehead atoms. The minimum Gasteiger partial charge on any atom is -0.396 e. The lowest BCUT2D eigenvalue weighted by Crippen LogP contribution is -2.03. The Kier molecular flexibility index (Phi) is 5.20. The average molecular weight is 205 g/mol. The summed E-state index contributed by atoms with van der Waals surface area (Å²) >= 11 is 0. The van der Waals surface area contributed by atoms with Crippen LogP contribution in [0.1, 0.15) is 24.8 Å². The van der Waals surface area contributed by atoms with E-state index in [2.05, 4.69) is 16.4 Å². The van der Waals surface area contributed by atoms with Gasteiger partial charge in [-0.3, -0.25) is 0 Å². The number of nitrogens with zero attached hydrogens (tertiary/aromatic N) is 2. The molecule has 0 aromatic carbocycles. The fourth-order valence-corrected chi connectivity index (χ4v) is 1.23. The second kappa shape index (κ2) is 6.80. The van der Waals surface area contributed by atoms with Gasteiger partial charge in [-0.15, -0.1) is 0 Å². The third kappa shape index (κ3) is 4.43. The Morgan fingerprint density at radius 3 is 3.00 bits per heavy atom. The molecule has 1 aromatic rings. The van der Waals surface area contributed by atoms with Crippen LogP contribution in [0.25, 0.3) is 0 Å². The molecule has 0 aliphatic heterocycles. The summed E-state index contributed by atoms with van der Waals surface area (Å²) < 4.78 is 0. The molecule has 0 radical (unpaired) electrons. The Hall–Kier alpha value is -1.60. The van der Waals surface area contributed by atoms with Crippen LogP contribution in [0.2, 0.25) is 0 Å². The predicted molar refractivity (Wildman–Crippen MR) is 58.4 cm³/mol. The van der Waals surface area contributed by atoms with Gasteiger partial charge in [0.15, 0.2) is 0 Å². The molecule has 4 nitrogen and oxygen atoms in total. The van der Waals surface area contributed by atoms with Crippen molar-refractivity contribution in [1.82, 2.24) is 4.98 Å². The first-order valence-corrected chi connectivity index (χ1v) is 5.07. The summed E-state index contributed by atoms with van der Waals surface area (Å²) in [6, 6.07) is 5.47. The van der Waals surface area contributed by atoms with Crippen molar-refractivity contribution in [3.8, 4) is 6.07 Å². The van der Waals surface area contributed by atoms with Crippen molar-refractivity contribution in [3.05, 3.63) is 23.9 Å². The van der Waals surface area contributed by atoms with Crippen LogP contribution in [0.15, 0.2) is 18.3 Å². The lowest BCUT2D eigenvalue weighted by Gasteiger charge is -2.04. The fraction of sp³-hybridized carbons (Fsp3) is 0.455. The van der Waals surface area contributed by atoms with E-state index >= 15 is 0 Å². The second-order valence-electron chi connectivity index (χ2n) is 3.25. The summed E-state index contributed by atoms with van der Waals surface area (Å²) in [6.45, 7) is 1.07. The van der Waals surface area contributed by atoms with Gasteiger partial charge in [-0.2, -0.15) is 5.26 Å². The molecule has 1 heterocycles. The van der Waals surface area contributed by atoms with Gasteiger partial charge in [0.25, 0.3) is 0 Å². The highest BCUT2D eigenvalue weighted by molar-refractivity contribution is 5.42. The zero-order chi connectivity index (χ0) is 10.9. The van der Waals surface area contributed by atoms with Crippen LogP contribution in [-0.2, 0) is 0 Å². The SMILES string of the molecule is N#Cc1ccnc(NCCCCCO)c1. The summed E-state index contributed by atoms with van der Waals surface area (Å²) in [7, 11) is 0. The molecular formula is C11H15N3O. The molecule has 80 valence electrons. The van der Waals surface area contributed by atoms with Crippen molar-refractivity contribution in [1.29, 1.82) is 5.26 Å². The maximum atomic E-state index is 8.67. The summed E-state index contributed by atoms with van der Waals surface area (Å²) in [4.78, 5) is 4.09. The van der Waals surface area contributed by atoms with Crippen molar-refractivity contribution in [2.45, 2.75) is 19.3 Å². The van der Waals surface area contributed by atoms with Gasteiger partial charge < -0.3 is 10.4 Å². The molecule has 2 N–H and O–H groups in total. The van der Waals surface area contributed by atoms with E-state index in [1.54, 1.807) is 18.3 Å². The molecule has 1 rings (SSSR count). The van der Waals surface area contributed by atoms with Gasteiger partial charge in [0.1, 0.15) is 5.82 Å². The number of pyridine rings is 1. The van der Waals surface area contributed by atoms with E-state index in [9.17, 15) is 0 Å². The van der Waals surface area contributed by atoms with Crippen LogP contribution in [-0.4, -0.2) is 23.2 Å². The minimum absolute atomic E-state index is 0.252. The van der Waals surface area contributed by atoms with Crippen molar-refractivity contribution < 1.29 is 5.11 Å². The summed E-state index contributed by atoms with van der Waals surface area (Å²) in [5.41, 5.74) is 0.614. The first-order valence-electron chi connectivity index (χ1n) is 5.07. The van der Waals surface area contributed by atoms with E-state index in [4.69, 9.17) is 10.4 Å². The summed E-state index contributed by atoms with van der Waals surface area (Å²) in [6.07, 6.45) is 4.46. The maximum absolute atomic E-state index is 8.67. The van der Waals surface area contributed by atoms with E-state index in [1.165, 1.54) is 0 Å². The molecule has 0 saturated carbocycles. The third-order valence-corrected chi connectivity index (χ3v) is 2.03. The van der Waals surface area contributed by atoms with Crippen LogP contribution in [0.5, 0.6) is 0 Å². The van der Waals surface area contributed by atoms with E-state index in [0.29, 0.717) is 5.56 Å². The Labute approximate surface area is 89.6 Å². The number of unbranched alkanes of at least 4 members (excludes halogenated alkanes) is 2. The quantitative estimate of drug-likeness (QED) is 0.691. The van der Waals surface area contributed by atoms with Gasteiger partial charge in [0.05, 0.1) is 11.6 Å². The molecule has 0 spiro atoms. The maximum Gasteiger partial charge on any atom is 0.127 e. The number of aliphatic hydroxyl groups excluding tert-OH is 1.